The van der Waals surface area contributed by atoms with E-state index in [1.807, 2.05) is 86.8 Å². The molecule has 7 rings (SSSR count). The molecule has 11 nitrogen and oxygen atoms in total. The predicted octanol–water partition coefficient (Wildman–Crippen LogP) is 7.47. The third kappa shape index (κ3) is 7.27. The summed E-state index contributed by atoms with van der Waals surface area (Å²) in [5.74, 6) is 0.210. The third-order valence-corrected chi connectivity index (χ3v) is 10.9. The highest BCUT2D eigenvalue weighted by molar-refractivity contribution is 7.22. The van der Waals surface area contributed by atoms with E-state index in [9.17, 15) is 9.59 Å². The van der Waals surface area contributed by atoms with Crippen molar-refractivity contribution in [1.29, 1.82) is 0 Å². The van der Waals surface area contributed by atoms with Crippen LogP contribution in [0.3, 0.4) is 0 Å². The zero-order valence-corrected chi connectivity index (χ0v) is 32.1. The second-order valence-corrected chi connectivity index (χ2v) is 15.7. The number of aryl methyl sites for hydroxylation is 2. The van der Waals surface area contributed by atoms with Gasteiger partial charge in [-0.1, -0.05) is 23.7 Å². The topological polar surface area (TPSA) is 102 Å². The van der Waals surface area contributed by atoms with E-state index < -0.39 is 17.7 Å². The number of esters is 1. The van der Waals surface area contributed by atoms with Crippen LogP contribution >= 0.6 is 22.9 Å². The molecule has 13 heteroatoms. The van der Waals surface area contributed by atoms with Gasteiger partial charge in [0.2, 0.25) is 0 Å². The van der Waals surface area contributed by atoms with Gasteiger partial charge < -0.3 is 19.1 Å². The van der Waals surface area contributed by atoms with Crippen molar-refractivity contribution in [2.24, 2.45) is 7.05 Å². The number of anilines is 1. The van der Waals surface area contributed by atoms with Crippen molar-refractivity contribution in [2.75, 3.05) is 64.0 Å². The minimum absolute atomic E-state index is 0.0251. The quantitative estimate of drug-likeness (QED) is 0.136. The molecule has 0 radical (unpaired) electrons. The van der Waals surface area contributed by atoms with Crippen molar-refractivity contribution >= 4 is 61.9 Å². The molecule has 2 aromatic heterocycles. The normalized spacial score (nSPS) is 16.4. The molecule has 4 heterocycles. The lowest BCUT2D eigenvalue weighted by atomic mass is 9.91. The number of nitrogens with zero attached hydrogens (tertiary/aromatic N) is 6. The summed E-state index contributed by atoms with van der Waals surface area (Å²) in [6.45, 7) is 15.8. The SMILES string of the molecule is CCOC(=O)[C@@H](OC(C)(C)C)c1c(C)cc2nc(-c3ccc4c(c3)c(N3CCN(CCN5CCOCC5)C3=O)nn4C)sc2c1-c1ccc(Cl)cc1. The number of aromatic nitrogens is 3. The van der Waals surface area contributed by atoms with Gasteiger partial charge in [0.1, 0.15) is 5.01 Å². The number of fused-ring (bicyclic) bond motifs is 2. The molecular formula is C39H45ClN6O5S. The molecule has 2 amide bonds. The van der Waals surface area contributed by atoms with Crippen LogP contribution in [0.15, 0.2) is 48.5 Å². The highest BCUT2D eigenvalue weighted by atomic mass is 35.5. The number of urea groups is 1. The predicted molar refractivity (Wildman–Crippen MR) is 206 cm³/mol. The molecule has 2 aliphatic rings. The zero-order chi connectivity index (χ0) is 36.7. The Bertz CT molecular complexity index is 2120. The molecule has 0 bridgehead atoms. The number of carbonyl (C=O) groups is 2. The van der Waals surface area contributed by atoms with Crippen molar-refractivity contribution in [3.8, 4) is 21.7 Å². The average Bonchev–Trinajstić information content (AvgIpc) is 3.80. The molecule has 2 saturated heterocycles. The van der Waals surface area contributed by atoms with Crippen molar-refractivity contribution in [3.63, 3.8) is 0 Å². The number of amides is 2. The molecule has 0 aliphatic carbocycles. The smallest absolute Gasteiger partial charge is 0.339 e. The van der Waals surface area contributed by atoms with Crippen LogP contribution in [0.1, 0.15) is 44.9 Å². The van der Waals surface area contributed by atoms with Gasteiger partial charge in [-0.05, 0) is 82.1 Å². The van der Waals surface area contributed by atoms with Gasteiger partial charge in [0.05, 0.1) is 41.2 Å². The molecular weight excluding hydrogens is 700 g/mol. The molecule has 1 atom stereocenters. The first-order valence-electron chi connectivity index (χ1n) is 17.8. The number of hydrogen-bond donors (Lipinski definition) is 0. The maximum Gasteiger partial charge on any atom is 0.339 e. The van der Waals surface area contributed by atoms with Crippen LogP contribution in [-0.4, -0.2) is 101 Å². The minimum atomic E-state index is -0.957. The molecule has 0 unspecified atom stereocenters. The van der Waals surface area contributed by atoms with Gasteiger partial charge in [0, 0.05) is 73.4 Å². The Morgan fingerprint density at radius 1 is 1.02 bits per heavy atom. The van der Waals surface area contributed by atoms with Crippen LogP contribution in [0.4, 0.5) is 10.6 Å². The Hall–Kier alpha value is -4.07. The van der Waals surface area contributed by atoms with E-state index in [0.717, 1.165) is 86.8 Å². The Kier molecular flexibility index (Phi) is 10.3. The first-order valence-corrected chi connectivity index (χ1v) is 19.0. The monoisotopic (exact) mass is 744 g/mol. The number of halogens is 1. The van der Waals surface area contributed by atoms with E-state index >= 15 is 0 Å². The Balaban J connectivity index is 1.29. The summed E-state index contributed by atoms with van der Waals surface area (Å²) >= 11 is 7.89. The maximum atomic E-state index is 13.7. The summed E-state index contributed by atoms with van der Waals surface area (Å²) in [5.41, 5.74) is 5.39. The van der Waals surface area contributed by atoms with E-state index in [1.165, 1.54) is 0 Å². The standard InChI is InChI=1S/C39H45ClN6O5S/c1-7-50-37(47)33(51-39(3,4)5)31-24(2)22-29-34(32(31)25-8-11-27(40)12-9-25)52-36(41-29)26-10-13-30-28(23-26)35(42-43(30)6)46-17-16-45(38(46)48)15-14-44-18-20-49-21-19-44/h8-13,22-23,33H,7,14-21H2,1-6H3/t33-/m0/s1. The Morgan fingerprint density at radius 3 is 2.46 bits per heavy atom. The maximum absolute atomic E-state index is 13.7. The second kappa shape index (κ2) is 14.7. The highest BCUT2D eigenvalue weighted by Gasteiger charge is 2.35. The molecule has 0 spiro atoms. The molecule has 52 heavy (non-hydrogen) atoms. The van der Waals surface area contributed by atoms with E-state index in [-0.39, 0.29) is 12.6 Å². The Labute approximate surface area is 313 Å². The number of morpholine rings is 1. The van der Waals surface area contributed by atoms with Gasteiger partial charge in [-0.25, -0.2) is 14.6 Å². The number of hydrogen-bond acceptors (Lipinski definition) is 9. The number of rotatable bonds is 10. The van der Waals surface area contributed by atoms with Gasteiger partial charge in [-0.3, -0.25) is 14.5 Å². The Morgan fingerprint density at radius 2 is 1.75 bits per heavy atom. The van der Waals surface area contributed by atoms with E-state index in [2.05, 4.69) is 11.0 Å². The molecule has 5 aromatic rings. The third-order valence-electron chi connectivity index (χ3n) is 9.51. The van der Waals surface area contributed by atoms with Crippen LogP contribution in [-0.2, 0) is 26.1 Å². The van der Waals surface area contributed by atoms with Crippen molar-refractivity contribution < 1.29 is 23.8 Å². The van der Waals surface area contributed by atoms with Gasteiger partial charge >= 0.3 is 12.0 Å². The minimum Gasteiger partial charge on any atom is -0.464 e. The summed E-state index contributed by atoms with van der Waals surface area (Å²) in [6.07, 6.45) is -0.957. The number of carbonyl (C=O) groups excluding carboxylic acids is 2. The second-order valence-electron chi connectivity index (χ2n) is 14.3. The van der Waals surface area contributed by atoms with E-state index in [1.54, 1.807) is 23.2 Å². The first kappa shape index (κ1) is 36.3. The lowest BCUT2D eigenvalue weighted by molar-refractivity contribution is -0.166. The van der Waals surface area contributed by atoms with Crippen molar-refractivity contribution in [3.05, 3.63) is 64.7 Å². The van der Waals surface area contributed by atoms with Crippen LogP contribution in [0, 0.1) is 6.92 Å². The van der Waals surface area contributed by atoms with Crippen LogP contribution in [0.5, 0.6) is 0 Å². The highest BCUT2D eigenvalue weighted by Crippen LogP contribution is 2.45. The summed E-state index contributed by atoms with van der Waals surface area (Å²) in [5, 5.41) is 7.14. The molecule has 0 saturated carbocycles. The largest absolute Gasteiger partial charge is 0.464 e. The van der Waals surface area contributed by atoms with Gasteiger partial charge in [0.25, 0.3) is 0 Å². The van der Waals surface area contributed by atoms with Crippen LogP contribution in [0.2, 0.25) is 5.02 Å². The molecule has 2 fully saturated rings. The van der Waals surface area contributed by atoms with Crippen LogP contribution < -0.4 is 4.90 Å². The fraction of sp³-hybridized carbons (Fsp3) is 0.436. The fourth-order valence-electron chi connectivity index (χ4n) is 7.03. The molecule has 3 aromatic carbocycles. The summed E-state index contributed by atoms with van der Waals surface area (Å²) < 4.78 is 20.2. The average molecular weight is 745 g/mol. The van der Waals surface area contributed by atoms with Gasteiger partial charge in [0.15, 0.2) is 11.9 Å². The van der Waals surface area contributed by atoms with Crippen LogP contribution in [0.25, 0.3) is 42.8 Å². The van der Waals surface area contributed by atoms with E-state index in [0.29, 0.717) is 30.5 Å². The van der Waals surface area contributed by atoms with Gasteiger partial charge in [-0.15, -0.1) is 11.3 Å². The summed E-state index contributed by atoms with van der Waals surface area (Å²) in [4.78, 5) is 38.5. The lowest BCUT2D eigenvalue weighted by Crippen LogP contribution is -2.42. The van der Waals surface area contributed by atoms with Gasteiger partial charge in [-0.2, -0.15) is 5.10 Å². The first-order chi connectivity index (χ1) is 24.9. The number of thiazole rings is 1. The molecule has 274 valence electrons. The number of ether oxygens (including phenoxy) is 3. The zero-order valence-electron chi connectivity index (χ0n) is 30.6. The lowest BCUT2D eigenvalue weighted by Gasteiger charge is -2.29. The molecule has 2 aliphatic heterocycles. The van der Waals surface area contributed by atoms with Crippen molar-refractivity contribution in [1.82, 2.24) is 24.6 Å². The molecule has 0 N–H and O–H groups in total. The number of benzene rings is 3. The van der Waals surface area contributed by atoms with Crippen molar-refractivity contribution in [2.45, 2.75) is 46.3 Å². The summed E-state index contributed by atoms with van der Waals surface area (Å²) in [7, 11) is 1.91. The summed E-state index contributed by atoms with van der Waals surface area (Å²) in [6, 6.07) is 15.8. The van der Waals surface area contributed by atoms with E-state index in [4.69, 9.17) is 35.9 Å². The fourth-order valence-corrected chi connectivity index (χ4v) is 8.27.